The lowest BCUT2D eigenvalue weighted by atomic mass is 10.1. The number of hydrogen-bond donors (Lipinski definition) is 1. The van der Waals surface area contributed by atoms with Crippen LogP contribution in [0.5, 0.6) is 5.75 Å². The molecule has 0 saturated heterocycles. The molecular formula is C19H13N3O4. The number of nitriles is 1. The van der Waals surface area contributed by atoms with Crippen molar-refractivity contribution in [3.05, 3.63) is 76.6 Å². The van der Waals surface area contributed by atoms with Crippen molar-refractivity contribution < 1.29 is 14.6 Å². The van der Waals surface area contributed by atoms with E-state index in [0.717, 1.165) is 0 Å². The Morgan fingerprint density at radius 2 is 2.04 bits per heavy atom. The van der Waals surface area contributed by atoms with Crippen LogP contribution < -0.4 is 10.2 Å². The highest BCUT2D eigenvalue weighted by atomic mass is 16.5. The first kappa shape index (κ1) is 16.9. The topological polar surface area (TPSA) is 105 Å². The quantitative estimate of drug-likeness (QED) is 0.711. The fourth-order valence-corrected chi connectivity index (χ4v) is 2.52. The summed E-state index contributed by atoms with van der Waals surface area (Å²) in [4.78, 5) is 24.1. The molecule has 0 aliphatic heterocycles. The van der Waals surface area contributed by atoms with Gasteiger partial charge in [0.1, 0.15) is 12.4 Å². The molecular weight excluding hydrogens is 334 g/mol. The molecule has 26 heavy (non-hydrogen) atoms. The van der Waals surface area contributed by atoms with Gasteiger partial charge in [0.15, 0.2) is 0 Å². The van der Waals surface area contributed by atoms with Gasteiger partial charge in [0, 0.05) is 0 Å². The highest BCUT2D eigenvalue weighted by Gasteiger charge is 2.20. The van der Waals surface area contributed by atoms with E-state index in [1.165, 1.54) is 10.8 Å². The molecule has 0 unspecified atom stereocenters. The number of ether oxygens (including phenoxy) is 1. The second-order valence-corrected chi connectivity index (χ2v) is 5.30. The molecule has 1 heterocycles. The average molecular weight is 347 g/mol. The van der Waals surface area contributed by atoms with Crippen molar-refractivity contribution in [1.82, 2.24) is 9.78 Å². The molecule has 0 spiro atoms. The number of nitrogens with zero attached hydrogens (tertiary/aromatic N) is 3. The van der Waals surface area contributed by atoms with E-state index < -0.39 is 17.1 Å². The Bertz CT molecular complexity index is 1110. The zero-order chi connectivity index (χ0) is 18.7. The van der Waals surface area contributed by atoms with Gasteiger partial charge in [0.25, 0.3) is 0 Å². The SMILES string of the molecule is C=CCOc1cccc2c1c(=O)c(C(=O)O)nn2-c1ccc(C#N)cc1. The largest absolute Gasteiger partial charge is 0.489 e. The lowest BCUT2D eigenvalue weighted by Crippen LogP contribution is -2.23. The molecule has 0 saturated carbocycles. The van der Waals surface area contributed by atoms with E-state index in [-0.39, 0.29) is 17.7 Å². The van der Waals surface area contributed by atoms with Crippen LogP contribution in [0.4, 0.5) is 0 Å². The van der Waals surface area contributed by atoms with E-state index >= 15 is 0 Å². The van der Waals surface area contributed by atoms with Crippen LogP contribution in [0, 0.1) is 11.3 Å². The zero-order valence-corrected chi connectivity index (χ0v) is 13.5. The molecule has 1 aromatic heterocycles. The van der Waals surface area contributed by atoms with Crippen molar-refractivity contribution in [2.45, 2.75) is 0 Å². The maximum Gasteiger partial charge on any atom is 0.360 e. The van der Waals surface area contributed by atoms with Crippen LogP contribution in [0.25, 0.3) is 16.6 Å². The van der Waals surface area contributed by atoms with Crippen molar-refractivity contribution in [3.8, 4) is 17.5 Å². The van der Waals surface area contributed by atoms with Gasteiger partial charge in [0.05, 0.1) is 28.2 Å². The summed E-state index contributed by atoms with van der Waals surface area (Å²) in [5.74, 6) is -1.18. The monoisotopic (exact) mass is 347 g/mol. The standard InChI is InChI=1S/C19H13N3O4/c1-2-10-26-15-5-3-4-14-16(15)18(23)17(19(24)25)21-22(14)13-8-6-12(11-20)7-9-13/h2-9H,1,10H2,(H,24,25). The predicted molar refractivity (Wildman–Crippen MR) is 94.7 cm³/mol. The number of aromatic carboxylic acids is 1. The molecule has 0 aliphatic rings. The van der Waals surface area contributed by atoms with Crippen LogP contribution >= 0.6 is 0 Å². The Labute approximate surface area is 148 Å². The molecule has 3 rings (SSSR count). The van der Waals surface area contributed by atoms with Gasteiger partial charge in [-0.1, -0.05) is 18.7 Å². The first-order chi connectivity index (χ1) is 12.6. The molecule has 2 aromatic carbocycles. The third-order valence-corrected chi connectivity index (χ3v) is 3.67. The Balaban J connectivity index is 2.36. The molecule has 7 heteroatoms. The number of aromatic nitrogens is 2. The zero-order valence-electron chi connectivity index (χ0n) is 13.5. The molecule has 0 aliphatic carbocycles. The Hall–Kier alpha value is -3.92. The fraction of sp³-hybridized carbons (Fsp3) is 0.0526. The second-order valence-electron chi connectivity index (χ2n) is 5.30. The van der Waals surface area contributed by atoms with E-state index in [1.807, 2.05) is 6.07 Å². The molecule has 1 N–H and O–H groups in total. The molecule has 7 nitrogen and oxygen atoms in total. The maximum atomic E-state index is 12.6. The maximum absolute atomic E-state index is 12.6. The Kier molecular flexibility index (Phi) is 4.50. The van der Waals surface area contributed by atoms with Gasteiger partial charge in [-0.05, 0) is 36.4 Å². The fourth-order valence-electron chi connectivity index (χ4n) is 2.52. The summed E-state index contributed by atoms with van der Waals surface area (Å²) in [6, 6.07) is 13.3. The second kappa shape index (κ2) is 6.91. The van der Waals surface area contributed by atoms with Crippen LogP contribution in [-0.4, -0.2) is 27.5 Å². The van der Waals surface area contributed by atoms with E-state index in [1.54, 1.807) is 42.5 Å². The normalized spacial score (nSPS) is 10.3. The van der Waals surface area contributed by atoms with Crippen LogP contribution in [0.1, 0.15) is 16.1 Å². The molecule has 0 bridgehead atoms. The third kappa shape index (κ3) is 2.91. The summed E-state index contributed by atoms with van der Waals surface area (Å²) in [6.45, 7) is 3.73. The van der Waals surface area contributed by atoms with Gasteiger partial charge in [-0.3, -0.25) is 4.79 Å². The first-order valence-corrected chi connectivity index (χ1v) is 7.60. The number of carboxylic acid groups (broad SMARTS) is 1. The van der Waals surface area contributed by atoms with Gasteiger partial charge >= 0.3 is 5.97 Å². The third-order valence-electron chi connectivity index (χ3n) is 3.67. The summed E-state index contributed by atoms with van der Waals surface area (Å²) < 4.78 is 6.87. The average Bonchev–Trinajstić information content (AvgIpc) is 2.66. The van der Waals surface area contributed by atoms with Gasteiger partial charge < -0.3 is 9.84 Å². The van der Waals surface area contributed by atoms with Gasteiger partial charge in [-0.25, -0.2) is 9.48 Å². The van der Waals surface area contributed by atoms with Gasteiger partial charge in [-0.15, -0.1) is 0 Å². The van der Waals surface area contributed by atoms with Crippen molar-refractivity contribution in [3.63, 3.8) is 0 Å². The predicted octanol–water partition coefficient (Wildman–Crippen LogP) is 2.52. The number of carbonyl (C=O) groups is 1. The highest BCUT2D eigenvalue weighted by Crippen LogP contribution is 2.24. The summed E-state index contributed by atoms with van der Waals surface area (Å²) in [6.07, 6.45) is 1.53. The minimum atomic E-state index is -1.43. The number of fused-ring (bicyclic) bond motifs is 1. The summed E-state index contributed by atoms with van der Waals surface area (Å²) >= 11 is 0. The molecule has 0 atom stereocenters. The Morgan fingerprint density at radius 3 is 2.65 bits per heavy atom. The van der Waals surface area contributed by atoms with Gasteiger partial charge in [-0.2, -0.15) is 10.4 Å². The number of benzene rings is 2. The summed E-state index contributed by atoms with van der Waals surface area (Å²) in [5, 5.41) is 22.4. The summed E-state index contributed by atoms with van der Waals surface area (Å²) in [7, 11) is 0. The molecule has 3 aromatic rings. The highest BCUT2D eigenvalue weighted by molar-refractivity contribution is 5.93. The molecule has 0 radical (unpaired) electrons. The van der Waals surface area contributed by atoms with Crippen LogP contribution in [0.3, 0.4) is 0 Å². The van der Waals surface area contributed by atoms with E-state index in [4.69, 9.17) is 10.00 Å². The number of carboxylic acids is 1. The van der Waals surface area contributed by atoms with Gasteiger partial charge in [0.2, 0.25) is 11.1 Å². The lowest BCUT2D eigenvalue weighted by molar-refractivity contribution is 0.0687. The van der Waals surface area contributed by atoms with Crippen molar-refractivity contribution >= 4 is 16.9 Å². The van der Waals surface area contributed by atoms with Crippen LogP contribution in [0.2, 0.25) is 0 Å². The molecule has 0 amide bonds. The van der Waals surface area contributed by atoms with E-state index in [2.05, 4.69) is 11.7 Å². The lowest BCUT2D eigenvalue weighted by Gasteiger charge is -2.13. The Morgan fingerprint density at radius 1 is 1.31 bits per heavy atom. The van der Waals surface area contributed by atoms with E-state index in [9.17, 15) is 14.7 Å². The minimum absolute atomic E-state index is 0.117. The molecule has 0 fully saturated rings. The van der Waals surface area contributed by atoms with E-state index in [0.29, 0.717) is 16.8 Å². The summed E-state index contributed by atoms with van der Waals surface area (Å²) in [5.41, 5.74) is 0.0183. The van der Waals surface area contributed by atoms with Crippen LogP contribution in [-0.2, 0) is 0 Å². The number of hydrogen-bond acceptors (Lipinski definition) is 5. The number of rotatable bonds is 5. The van der Waals surface area contributed by atoms with Crippen molar-refractivity contribution in [2.75, 3.05) is 6.61 Å². The molecule has 128 valence electrons. The van der Waals surface area contributed by atoms with Crippen molar-refractivity contribution in [2.24, 2.45) is 0 Å². The minimum Gasteiger partial charge on any atom is -0.489 e. The first-order valence-electron chi connectivity index (χ1n) is 7.60. The van der Waals surface area contributed by atoms with Crippen molar-refractivity contribution in [1.29, 1.82) is 5.26 Å². The van der Waals surface area contributed by atoms with Crippen LogP contribution in [0.15, 0.2) is 59.9 Å². The smallest absolute Gasteiger partial charge is 0.360 e.